The van der Waals surface area contributed by atoms with Crippen LogP contribution in [0, 0.1) is 0 Å². The average Bonchev–Trinajstić information content (AvgIpc) is 2.64. The normalized spacial score (nSPS) is 13.1. The van der Waals surface area contributed by atoms with E-state index in [9.17, 15) is 0 Å². The zero-order chi connectivity index (χ0) is 9.52. The van der Waals surface area contributed by atoms with Gasteiger partial charge < -0.3 is 11.1 Å². The number of aromatic nitrogens is 1. The molecule has 3 N–H and O–H groups in total. The molecule has 1 heterocycles. The second-order valence-corrected chi connectivity index (χ2v) is 3.83. The van der Waals surface area contributed by atoms with Crippen molar-refractivity contribution >= 4 is 11.3 Å². The standard InChI is InChI=1S/C9H17N3S/c1-2-8(10)3-4-11-5-9-6-13-7-12-9/h6-8,11H,2-5,10H2,1H3. The van der Waals surface area contributed by atoms with Gasteiger partial charge in [0, 0.05) is 18.0 Å². The fourth-order valence-electron chi connectivity index (χ4n) is 1.03. The summed E-state index contributed by atoms with van der Waals surface area (Å²) in [7, 11) is 0. The fourth-order valence-corrected chi connectivity index (χ4v) is 1.59. The van der Waals surface area contributed by atoms with E-state index in [4.69, 9.17) is 5.73 Å². The first-order chi connectivity index (χ1) is 6.33. The first-order valence-electron chi connectivity index (χ1n) is 4.66. The van der Waals surface area contributed by atoms with Gasteiger partial charge in [-0.05, 0) is 19.4 Å². The Labute approximate surface area is 83.4 Å². The Morgan fingerprint density at radius 1 is 1.69 bits per heavy atom. The molecule has 0 aliphatic heterocycles. The lowest BCUT2D eigenvalue weighted by Crippen LogP contribution is -2.25. The number of thiazole rings is 1. The van der Waals surface area contributed by atoms with Crippen LogP contribution in [0.2, 0.25) is 0 Å². The van der Waals surface area contributed by atoms with Crippen molar-refractivity contribution in [3.8, 4) is 0 Å². The highest BCUT2D eigenvalue weighted by Crippen LogP contribution is 1.99. The topological polar surface area (TPSA) is 50.9 Å². The van der Waals surface area contributed by atoms with E-state index in [1.807, 2.05) is 5.51 Å². The van der Waals surface area contributed by atoms with Gasteiger partial charge in [-0.3, -0.25) is 0 Å². The molecule has 0 fully saturated rings. The summed E-state index contributed by atoms with van der Waals surface area (Å²) in [6.45, 7) is 3.96. The van der Waals surface area contributed by atoms with Crippen LogP contribution in [0.5, 0.6) is 0 Å². The summed E-state index contributed by atoms with van der Waals surface area (Å²) in [6, 6.07) is 0.336. The molecular weight excluding hydrogens is 182 g/mol. The van der Waals surface area contributed by atoms with E-state index >= 15 is 0 Å². The van der Waals surface area contributed by atoms with Crippen molar-refractivity contribution in [1.82, 2.24) is 10.3 Å². The van der Waals surface area contributed by atoms with Gasteiger partial charge in [-0.25, -0.2) is 4.98 Å². The largest absolute Gasteiger partial charge is 0.328 e. The third kappa shape index (κ3) is 4.36. The molecule has 0 bridgehead atoms. The van der Waals surface area contributed by atoms with Crippen molar-refractivity contribution < 1.29 is 0 Å². The quantitative estimate of drug-likeness (QED) is 0.680. The molecule has 1 aromatic heterocycles. The molecule has 74 valence electrons. The molecule has 4 heteroatoms. The lowest BCUT2D eigenvalue weighted by Gasteiger charge is -2.08. The molecule has 0 aromatic carbocycles. The van der Waals surface area contributed by atoms with Gasteiger partial charge in [0.25, 0.3) is 0 Å². The van der Waals surface area contributed by atoms with E-state index in [1.54, 1.807) is 11.3 Å². The number of nitrogens with one attached hydrogen (secondary N) is 1. The molecule has 1 atom stereocenters. The first-order valence-corrected chi connectivity index (χ1v) is 5.60. The SMILES string of the molecule is CCC(N)CCNCc1cscn1. The van der Waals surface area contributed by atoms with Crippen molar-refractivity contribution in [3.05, 3.63) is 16.6 Å². The molecule has 13 heavy (non-hydrogen) atoms. The molecule has 3 nitrogen and oxygen atoms in total. The Kier molecular flexibility index (Phi) is 4.97. The molecule has 0 spiro atoms. The summed E-state index contributed by atoms with van der Waals surface area (Å²) in [4.78, 5) is 4.18. The molecule has 0 aliphatic rings. The third-order valence-electron chi connectivity index (χ3n) is 2.01. The summed E-state index contributed by atoms with van der Waals surface area (Å²) in [5.41, 5.74) is 8.76. The minimum atomic E-state index is 0.336. The Bertz CT molecular complexity index is 211. The van der Waals surface area contributed by atoms with Crippen molar-refractivity contribution in [2.75, 3.05) is 6.54 Å². The minimum Gasteiger partial charge on any atom is -0.328 e. The van der Waals surface area contributed by atoms with E-state index in [0.29, 0.717) is 6.04 Å². The summed E-state index contributed by atoms with van der Waals surface area (Å²) >= 11 is 1.63. The van der Waals surface area contributed by atoms with Crippen LogP contribution in [0.3, 0.4) is 0 Å². The second kappa shape index (κ2) is 6.07. The van der Waals surface area contributed by atoms with Gasteiger partial charge in [0.1, 0.15) is 0 Å². The van der Waals surface area contributed by atoms with Crippen molar-refractivity contribution in [2.45, 2.75) is 32.4 Å². The van der Waals surface area contributed by atoms with Crippen LogP contribution in [0.1, 0.15) is 25.5 Å². The lowest BCUT2D eigenvalue weighted by atomic mass is 10.2. The molecular formula is C9H17N3S. The monoisotopic (exact) mass is 199 g/mol. The van der Waals surface area contributed by atoms with Crippen LogP contribution in [0.15, 0.2) is 10.9 Å². The molecule has 1 rings (SSSR count). The maximum absolute atomic E-state index is 5.78. The van der Waals surface area contributed by atoms with E-state index in [1.165, 1.54) is 0 Å². The average molecular weight is 199 g/mol. The van der Waals surface area contributed by atoms with Gasteiger partial charge >= 0.3 is 0 Å². The summed E-state index contributed by atoms with van der Waals surface area (Å²) in [6.07, 6.45) is 2.10. The zero-order valence-electron chi connectivity index (χ0n) is 7.99. The number of hydrogen-bond acceptors (Lipinski definition) is 4. The summed E-state index contributed by atoms with van der Waals surface area (Å²) in [5, 5.41) is 5.38. The van der Waals surface area contributed by atoms with E-state index in [-0.39, 0.29) is 0 Å². The van der Waals surface area contributed by atoms with Crippen molar-refractivity contribution in [3.63, 3.8) is 0 Å². The Balaban J connectivity index is 2.02. The van der Waals surface area contributed by atoms with Crippen LogP contribution < -0.4 is 11.1 Å². The Morgan fingerprint density at radius 2 is 2.54 bits per heavy atom. The second-order valence-electron chi connectivity index (χ2n) is 3.11. The van der Waals surface area contributed by atoms with Crippen LogP contribution >= 0.6 is 11.3 Å². The van der Waals surface area contributed by atoms with Crippen molar-refractivity contribution in [1.29, 1.82) is 0 Å². The lowest BCUT2D eigenvalue weighted by molar-refractivity contribution is 0.547. The van der Waals surface area contributed by atoms with E-state index in [0.717, 1.165) is 31.6 Å². The first kappa shape index (κ1) is 10.6. The highest BCUT2D eigenvalue weighted by Gasteiger charge is 1.98. The fraction of sp³-hybridized carbons (Fsp3) is 0.667. The Morgan fingerprint density at radius 3 is 3.15 bits per heavy atom. The van der Waals surface area contributed by atoms with E-state index < -0.39 is 0 Å². The highest BCUT2D eigenvalue weighted by molar-refractivity contribution is 7.07. The summed E-state index contributed by atoms with van der Waals surface area (Å²) in [5.74, 6) is 0. The third-order valence-corrected chi connectivity index (χ3v) is 2.64. The van der Waals surface area contributed by atoms with E-state index in [2.05, 4.69) is 22.6 Å². The van der Waals surface area contributed by atoms with Gasteiger partial charge in [-0.1, -0.05) is 6.92 Å². The smallest absolute Gasteiger partial charge is 0.0795 e. The molecule has 0 aliphatic carbocycles. The number of nitrogens with zero attached hydrogens (tertiary/aromatic N) is 1. The highest BCUT2D eigenvalue weighted by atomic mass is 32.1. The molecule has 1 aromatic rings. The number of rotatable bonds is 6. The van der Waals surface area contributed by atoms with Crippen LogP contribution in [0.25, 0.3) is 0 Å². The minimum absolute atomic E-state index is 0.336. The number of hydrogen-bond donors (Lipinski definition) is 2. The molecule has 0 radical (unpaired) electrons. The predicted octanol–water partition coefficient (Wildman–Crippen LogP) is 1.36. The molecule has 1 unspecified atom stereocenters. The maximum atomic E-state index is 5.78. The van der Waals surface area contributed by atoms with Gasteiger partial charge in [0.05, 0.1) is 11.2 Å². The Hall–Kier alpha value is -0.450. The van der Waals surface area contributed by atoms with Crippen LogP contribution in [-0.4, -0.2) is 17.6 Å². The summed E-state index contributed by atoms with van der Waals surface area (Å²) < 4.78 is 0. The van der Waals surface area contributed by atoms with Gasteiger partial charge in [-0.2, -0.15) is 0 Å². The van der Waals surface area contributed by atoms with Crippen molar-refractivity contribution in [2.24, 2.45) is 5.73 Å². The molecule has 0 amide bonds. The van der Waals surface area contributed by atoms with Crippen LogP contribution in [0.4, 0.5) is 0 Å². The van der Waals surface area contributed by atoms with Gasteiger partial charge in [0.15, 0.2) is 0 Å². The zero-order valence-corrected chi connectivity index (χ0v) is 8.81. The number of nitrogens with two attached hydrogens (primary N) is 1. The van der Waals surface area contributed by atoms with Gasteiger partial charge in [0.2, 0.25) is 0 Å². The molecule has 0 saturated heterocycles. The maximum Gasteiger partial charge on any atom is 0.0795 e. The predicted molar refractivity (Wildman–Crippen MR) is 56.7 cm³/mol. The van der Waals surface area contributed by atoms with Gasteiger partial charge in [-0.15, -0.1) is 11.3 Å². The van der Waals surface area contributed by atoms with Crippen LogP contribution in [-0.2, 0) is 6.54 Å². The molecule has 0 saturated carbocycles.